The number of hydrogen-bond acceptors (Lipinski definition) is 4. The van der Waals surface area contributed by atoms with Crippen LogP contribution < -0.4 is 4.90 Å². The van der Waals surface area contributed by atoms with Crippen molar-refractivity contribution in [2.45, 2.75) is 51.3 Å². The molecule has 0 N–H and O–H groups in total. The van der Waals surface area contributed by atoms with E-state index < -0.39 is 9.84 Å². The second-order valence-electron chi connectivity index (χ2n) is 7.46. The number of amides is 1. The molecule has 0 aromatic heterocycles. The van der Waals surface area contributed by atoms with Gasteiger partial charge in [0.05, 0.1) is 17.5 Å². The third kappa shape index (κ3) is 3.83. The molecule has 0 saturated carbocycles. The van der Waals surface area contributed by atoms with E-state index in [1.807, 2.05) is 30.9 Å². The number of hydrogen-bond donors (Lipinski definition) is 0. The smallest absolute Gasteiger partial charge is 0.250 e. The fraction of sp³-hybridized carbons (Fsp3) is 0.579. The van der Waals surface area contributed by atoms with E-state index in [0.717, 1.165) is 12.1 Å². The van der Waals surface area contributed by atoms with E-state index in [-0.39, 0.29) is 34.6 Å². The summed E-state index contributed by atoms with van der Waals surface area (Å²) >= 11 is 1.43. The molecule has 142 valence electrons. The molecule has 3 atom stereocenters. The van der Waals surface area contributed by atoms with Gasteiger partial charge in [0.2, 0.25) is 0 Å². The largest absolute Gasteiger partial charge is 0.316 e. The van der Waals surface area contributed by atoms with Gasteiger partial charge in [0.15, 0.2) is 15.0 Å². The maximum Gasteiger partial charge on any atom is 0.250 e. The lowest BCUT2D eigenvalue weighted by molar-refractivity contribution is -0.121. The number of carbonyl (C=O) groups is 1. The summed E-state index contributed by atoms with van der Waals surface area (Å²) in [5.41, 5.74) is 2.13. The molecular weight excluding hydrogens is 368 g/mol. The Bertz CT molecular complexity index is 816. The predicted octanol–water partition coefficient (Wildman–Crippen LogP) is 3.46. The average molecular weight is 395 g/mol. The molecule has 0 aliphatic carbocycles. The van der Waals surface area contributed by atoms with E-state index >= 15 is 0 Å². The van der Waals surface area contributed by atoms with E-state index in [0.29, 0.717) is 11.1 Å². The zero-order chi connectivity index (χ0) is 19.1. The SMILES string of the molecule is CC[C@H](C)C(=O)N=C1S[C@@H]2CS(=O)(=O)C[C@@H]2N1c1ccc(C(C)C)cc1. The van der Waals surface area contributed by atoms with Crippen molar-refractivity contribution in [3.05, 3.63) is 29.8 Å². The number of anilines is 1. The normalized spacial score (nSPS) is 27.1. The van der Waals surface area contributed by atoms with Gasteiger partial charge in [-0.05, 0) is 30.0 Å². The fourth-order valence-electron chi connectivity index (χ4n) is 3.27. The molecule has 26 heavy (non-hydrogen) atoms. The van der Waals surface area contributed by atoms with Gasteiger partial charge in [0.25, 0.3) is 5.91 Å². The Kier molecular flexibility index (Phi) is 5.49. The van der Waals surface area contributed by atoms with Crippen LogP contribution in [0.4, 0.5) is 5.69 Å². The molecule has 2 saturated heterocycles. The highest BCUT2D eigenvalue weighted by Gasteiger charge is 2.49. The summed E-state index contributed by atoms with van der Waals surface area (Å²) in [5.74, 6) is 0.433. The molecular formula is C19H26N2O3S2. The van der Waals surface area contributed by atoms with Crippen LogP contribution in [0.1, 0.15) is 45.6 Å². The minimum atomic E-state index is -3.04. The van der Waals surface area contributed by atoms with E-state index in [1.165, 1.54) is 17.3 Å². The quantitative estimate of drug-likeness (QED) is 0.782. The van der Waals surface area contributed by atoms with Crippen LogP contribution >= 0.6 is 11.8 Å². The van der Waals surface area contributed by atoms with Gasteiger partial charge in [-0.2, -0.15) is 4.99 Å². The summed E-state index contributed by atoms with van der Waals surface area (Å²) in [4.78, 5) is 18.7. The number of benzene rings is 1. The van der Waals surface area contributed by atoms with Crippen molar-refractivity contribution in [3.8, 4) is 0 Å². The van der Waals surface area contributed by atoms with Crippen molar-refractivity contribution in [1.82, 2.24) is 0 Å². The summed E-state index contributed by atoms with van der Waals surface area (Å²) in [6.07, 6.45) is 0.741. The molecule has 0 spiro atoms. The Morgan fingerprint density at radius 1 is 1.23 bits per heavy atom. The standard InChI is InChI=1S/C19H26N2O3S2/c1-5-13(4)18(22)20-19-21(15-8-6-14(7-9-15)12(2)3)16-10-26(23,24)11-17(16)25-19/h6-9,12-13,16-17H,5,10-11H2,1-4H3/t13-,16-,17+/m0/s1. The zero-order valence-corrected chi connectivity index (χ0v) is 17.3. The number of thioether (sulfide) groups is 1. The summed E-state index contributed by atoms with van der Waals surface area (Å²) in [6.45, 7) is 8.11. The molecule has 3 rings (SSSR count). The molecule has 0 radical (unpaired) electrons. The van der Waals surface area contributed by atoms with Crippen LogP contribution in [0.2, 0.25) is 0 Å². The molecule has 2 aliphatic heterocycles. The Morgan fingerprint density at radius 2 is 1.88 bits per heavy atom. The third-order valence-electron chi connectivity index (χ3n) is 5.14. The Hall–Kier alpha value is -1.34. The van der Waals surface area contributed by atoms with E-state index in [1.54, 1.807) is 0 Å². The minimum absolute atomic E-state index is 0.0618. The molecule has 0 unspecified atom stereocenters. The summed E-state index contributed by atoms with van der Waals surface area (Å²) in [7, 11) is -3.04. The predicted molar refractivity (Wildman–Crippen MR) is 109 cm³/mol. The highest BCUT2D eigenvalue weighted by Crippen LogP contribution is 2.41. The highest BCUT2D eigenvalue weighted by atomic mass is 32.2. The fourth-order valence-corrected chi connectivity index (χ4v) is 7.18. The third-order valence-corrected chi connectivity index (χ3v) is 8.35. The van der Waals surface area contributed by atoms with E-state index in [2.05, 4.69) is 31.0 Å². The Morgan fingerprint density at radius 3 is 2.46 bits per heavy atom. The number of sulfone groups is 1. The topological polar surface area (TPSA) is 66.8 Å². The first-order valence-electron chi connectivity index (χ1n) is 9.10. The molecule has 5 nitrogen and oxygen atoms in total. The van der Waals surface area contributed by atoms with Crippen molar-refractivity contribution in [2.24, 2.45) is 10.9 Å². The Labute approximate surface area is 160 Å². The molecule has 0 bridgehead atoms. The van der Waals surface area contributed by atoms with Gasteiger partial charge in [0.1, 0.15) is 0 Å². The van der Waals surface area contributed by atoms with Crippen molar-refractivity contribution in [1.29, 1.82) is 0 Å². The van der Waals surface area contributed by atoms with Crippen molar-refractivity contribution in [2.75, 3.05) is 16.4 Å². The van der Waals surface area contributed by atoms with Crippen LogP contribution in [-0.2, 0) is 14.6 Å². The van der Waals surface area contributed by atoms with Crippen LogP contribution in [0.15, 0.2) is 29.3 Å². The van der Waals surface area contributed by atoms with E-state index in [4.69, 9.17) is 0 Å². The summed E-state index contributed by atoms with van der Waals surface area (Å²) < 4.78 is 24.2. The number of amidine groups is 1. The van der Waals surface area contributed by atoms with Gasteiger partial charge in [0, 0.05) is 16.9 Å². The minimum Gasteiger partial charge on any atom is -0.316 e. The van der Waals surface area contributed by atoms with Crippen LogP contribution in [0, 0.1) is 5.92 Å². The molecule has 2 aliphatic rings. The van der Waals surface area contributed by atoms with Crippen molar-refractivity contribution >= 4 is 38.4 Å². The maximum absolute atomic E-state index is 12.4. The molecule has 1 amide bonds. The van der Waals surface area contributed by atoms with Gasteiger partial charge in [-0.1, -0.05) is 51.6 Å². The maximum atomic E-state index is 12.4. The van der Waals surface area contributed by atoms with Crippen LogP contribution in [0.25, 0.3) is 0 Å². The van der Waals surface area contributed by atoms with Crippen molar-refractivity contribution < 1.29 is 13.2 Å². The second kappa shape index (κ2) is 7.35. The van der Waals surface area contributed by atoms with Crippen LogP contribution in [0.5, 0.6) is 0 Å². The van der Waals surface area contributed by atoms with Gasteiger partial charge < -0.3 is 4.90 Å². The van der Waals surface area contributed by atoms with Gasteiger partial charge >= 0.3 is 0 Å². The Balaban J connectivity index is 1.97. The number of nitrogens with zero attached hydrogens (tertiary/aromatic N) is 2. The second-order valence-corrected chi connectivity index (χ2v) is 10.8. The number of carbonyl (C=O) groups excluding carboxylic acids is 1. The van der Waals surface area contributed by atoms with Gasteiger partial charge in [-0.3, -0.25) is 4.79 Å². The summed E-state index contributed by atoms with van der Waals surface area (Å²) in [6, 6.07) is 7.99. The molecule has 1 aromatic carbocycles. The first kappa shape index (κ1) is 19.4. The lowest BCUT2D eigenvalue weighted by Crippen LogP contribution is -2.37. The van der Waals surface area contributed by atoms with Gasteiger partial charge in [-0.15, -0.1) is 0 Å². The highest BCUT2D eigenvalue weighted by molar-refractivity contribution is 8.16. The van der Waals surface area contributed by atoms with E-state index in [9.17, 15) is 13.2 Å². The first-order valence-corrected chi connectivity index (χ1v) is 11.8. The number of rotatable bonds is 4. The monoisotopic (exact) mass is 394 g/mol. The zero-order valence-electron chi connectivity index (χ0n) is 15.7. The van der Waals surface area contributed by atoms with Crippen LogP contribution in [0.3, 0.4) is 0 Å². The average Bonchev–Trinajstić information content (AvgIpc) is 3.04. The first-order chi connectivity index (χ1) is 12.2. The lowest BCUT2D eigenvalue weighted by Gasteiger charge is -2.25. The molecule has 2 heterocycles. The molecule has 7 heteroatoms. The number of aliphatic imine (C=N–C) groups is 1. The van der Waals surface area contributed by atoms with Gasteiger partial charge in [-0.25, -0.2) is 8.42 Å². The molecule has 2 fully saturated rings. The lowest BCUT2D eigenvalue weighted by atomic mass is 10.0. The molecule has 1 aromatic rings. The summed E-state index contributed by atoms with van der Waals surface area (Å²) in [5, 5.41) is 0.575. The van der Waals surface area contributed by atoms with Crippen LogP contribution in [-0.4, -0.2) is 42.3 Å². The number of fused-ring (bicyclic) bond motifs is 1. The van der Waals surface area contributed by atoms with Crippen molar-refractivity contribution in [3.63, 3.8) is 0 Å².